The number of aryl methyl sites for hydroxylation is 1. The summed E-state index contributed by atoms with van der Waals surface area (Å²) in [5.41, 5.74) is 1.09. The molecule has 1 aromatic heterocycles. The van der Waals surface area contributed by atoms with Crippen LogP contribution in [0.2, 0.25) is 0 Å². The zero-order valence-corrected chi connectivity index (χ0v) is 9.98. The molecular formula is C11H18N2OS. The smallest absolute Gasteiger partial charge is 0.119 e. The topological polar surface area (TPSA) is 34.1 Å². The van der Waals surface area contributed by atoms with Crippen molar-refractivity contribution in [3.63, 3.8) is 0 Å². The molecule has 1 N–H and O–H groups in total. The number of ether oxygens (including phenoxy) is 1. The normalized spacial score (nSPS) is 21.8. The zero-order valence-electron chi connectivity index (χ0n) is 9.16. The van der Waals surface area contributed by atoms with E-state index in [1.807, 2.05) is 6.92 Å². The van der Waals surface area contributed by atoms with Gasteiger partial charge in [-0.2, -0.15) is 0 Å². The predicted molar refractivity (Wildman–Crippen MR) is 62.1 cm³/mol. The predicted octanol–water partition coefficient (Wildman–Crippen LogP) is 2.11. The largest absolute Gasteiger partial charge is 0.373 e. The molecule has 1 fully saturated rings. The van der Waals surface area contributed by atoms with E-state index in [9.17, 15) is 0 Å². The van der Waals surface area contributed by atoms with Crippen LogP contribution < -0.4 is 5.32 Å². The molecule has 0 bridgehead atoms. The monoisotopic (exact) mass is 226 g/mol. The van der Waals surface area contributed by atoms with Crippen molar-refractivity contribution in [2.45, 2.75) is 38.8 Å². The number of thiazole rings is 1. The first kappa shape index (κ1) is 11.0. The standard InChI is InChI=1S/C11H18N2OS/c1-9-8-15-11(13-9)7-14-6-10-4-2-3-5-12-10/h8,10,12H,2-7H2,1H3. The Morgan fingerprint density at radius 3 is 3.20 bits per heavy atom. The van der Waals surface area contributed by atoms with Gasteiger partial charge < -0.3 is 10.1 Å². The summed E-state index contributed by atoms with van der Waals surface area (Å²) in [6, 6.07) is 0.555. The van der Waals surface area contributed by atoms with Gasteiger partial charge in [-0.05, 0) is 26.3 Å². The van der Waals surface area contributed by atoms with Gasteiger partial charge in [0.25, 0.3) is 0 Å². The Bertz CT molecular complexity index is 295. The second kappa shape index (κ2) is 5.58. The molecule has 0 amide bonds. The van der Waals surface area contributed by atoms with Crippen LogP contribution in [-0.4, -0.2) is 24.2 Å². The molecule has 1 aliphatic heterocycles. The minimum Gasteiger partial charge on any atom is -0.373 e. The molecule has 15 heavy (non-hydrogen) atoms. The van der Waals surface area contributed by atoms with E-state index < -0.39 is 0 Å². The first-order chi connectivity index (χ1) is 7.34. The maximum absolute atomic E-state index is 5.66. The number of nitrogens with zero attached hydrogens (tertiary/aromatic N) is 1. The molecule has 84 valence electrons. The third kappa shape index (κ3) is 3.55. The molecule has 0 radical (unpaired) electrons. The summed E-state index contributed by atoms with van der Waals surface area (Å²) in [4.78, 5) is 4.37. The molecule has 2 heterocycles. The second-order valence-electron chi connectivity index (χ2n) is 4.04. The summed E-state index contributed by atoms with van der Waals surface area (Å²) in [6.07, 6.45) is 3.89. The maximum Gasteiger partial charge on any atom is 0.119 e. The Balaban J connectivity index is 1.65. The number of hydrogen-bond donors (Lipinski definition) is 1. The lowest BCUT2D eigenvalue weighted by atomic mass is 10.1. The Kier molecular flexibility index (Phi) is 4.11. The molecule has 0 aliphatic carbocycles. The zero-order chi connectivity index (χ0) is 10.5. The van der Waals surface area contributed by atoms with E-state index in [4.69, 9.17) is 4.74 Å². The highest BCUT2D eigenvalue weighted by Crippen LogP contribution is 2.11. The Morgan fingerprint density at radius 2 is 2.53 bits per heavy atom. The average molecular weight is 226 g/mol. The molecular weight excluding hydrogens is 208 g/mol. The van der Waals surface area contributed by atoms with Crippen molar-refractivity contribution >= 4 is 11.3 Å². The van der Waals surface area contributed by atoms with Gasteiger partial charge in [0, 0.05) is 17.1 Å². The molecule has 0 aromatic carbocycles. The average Bonchev–Trinajstić information content (AvgIpc) is 2.66. The third-order valence-corrected chi connectivity index (χ3v) is 3.56. The van der Waals surface area contributed by atoms with E-state index in [-0.39, 0.29) is 0 Å². The van der Waals surface area contributed by atoms with Crippen LogP contribution in [0.25, 0.3) is 0 Å². The van der Waals surface area contributed by atoms with Gasteiger partial charge in [-0.25, -0.2) is 4.98 Å². The minimum atomic E-state index is 0.555. The highest BCUT2D eigenvalue weighted by molar-refractivity contribution is 7.09. The van der Waals surface area contributed by atoms with Crippen LogP contribution in [0.15, 0.2) is 5.38 Å². The SMILES string of the molecule is Cc1csc(COCC2CCCCN2)n1. The number of rotatable bonds is 4. The lowest BCUT2D eigenvalue weighted by Crippen LogP contribution is -2.37. The highest BCUT2D eigenvalue weighted by Gasteiger charge is 2.12. The van der Waals surface area contributed by atoms with Crippen LogP contribution in [0.4, 0.5) is 0 Å². The van der Waals surface area contributed by atoms with E-state index in [1.54, 1.807) is 11.3 Å². The van der Waals surface area contributed by atoms with Crippen molar-refractivity contribution in [1.29, 1.82) is 0 Å². The number of nitrogens with one attached hydrogen (secondary N) is 1. The van der Waals surface area contributed by atoms with Crippen molar-refractivity contribution in [3.8, 4) is 0 Å². The van der Waals surface area contributed by atoms with Crippen LogP contribution >= 0.6 is 11.3 Å². The molecule has 2 rings (SSSR count). The van der Waals surface area contributed by atoms with Gasteiger partial charge in [-0.1, -0.05) is 6.42 Å². The Hall–Kier alpha value is -0.450. The van der Waals surface area contributed by atoms with Crippen LogP contribution in [0.5, 0.6) is 0 Å². The van der Waals surface area contributed by atoms with Gasteiger partial charge in [0.2, 0.25) is 0 Å². The van der Waals surface area contributed by atoms with E-state index >= 15 is 0 Å². The van der Waals surface area contributed by atoms with E-state index in [0.717, 1.165) is 23.9 Å². The van der Waals surface area contributed by atoms with Crippen LogP contribution in [0.3, 0.4) is 0 Å². The maximum atomic E-state index is 5.66. The molecule has 4 heteroatoms. The Morgan fingerprint density at radius 1 is 1.60 bits per heavy atom. The fourth-order valence-electron chi connectivity index (χ4n) is 1.82. The molecule has 1 saturated heterocycles. The van der Waals surface area contributed by atoms with Gasteiger partial charge in [0.15, 0.2) is 0 Å². The second-order valence-corrected chi connectivity index (χ2v) is 4.99. The highest BCUT2D eigenvalue weighted by atomic mass is 32.1. The van der Waals surface area contributed by atoms with E-state index in [2.05, 4.69) is 15.7 Å². The van der Waals surface area contributed by atoms with Crippen molar-refractivity contribution in [2.75, 3.05) is 13.2 Å². The molecule has 1 aromatic rings. The number of piperidine rings is 1. The third-order valence-electron chi connectivity index (χ3n) is 2.62. The van der Waals surface area contributed by atoms with Gasteiger partial charge in [0.05, 0.1) is 13.2 Å². The number of hydrogen-bond acceptors (Lipinski definition) is 4. The summed E-state index contributed by atoms with van der Waals surface area (Å²) in [6.45, 7) is 4.64. The lowest BCUT2D eigenvalue weighted by molar-refractivity contribution is 0.0909. The van der Waals surface area contributed by atoms with Crippen molar-refractivity contribution < 1.29 is 4.74 Å². The van der Waals surface area contributed by atoms with Crippen LogP contribution in [-0.2, 0) is 11.3 Å². The summed E-state index contributed by atoms with van der Waals surface area (Å²) >= 11 is 1.68. The minimum absolute atomic E-state index is 0.555. The molecule has 1 unspecified atom stereocenters. The quantitative estimate of drug-likeness (QED) is 0.854. The molecule has 0 saturated carbocycles. The van der Waals surface area contributed by atoms with Crippen molar-refractivity contribution in [1.82, 2.24) is 10.3 Å². The fraction of sp³-hybridized carbons (Fsp3) is 0.727. The van der Waals surface area contributed by atoms with Crippen LogP contribution in [0.1, 0.15) is 30.0 Å². The molecule has 1 atom stereocenters. The van der Waals surface area contributed by atoms with Crippen molar-refractivity contribution in [3.05, 3.63) is 16.1 Å². The fourth-order valence-corrected chi connectivity index (χ4v) is 2.53. The first-order valence-electron chi connectivity index (χ1n) is 5.57. The van der Waals surface area contributed by atoms with Crippen molar-refractivity contribution in [2.24, 2.45) is 0 Å². The van der Waals surface area contributed by atoms with Gasteiger partial charge >= 0.3 is 0 Å². The van der Waals surface area contributed by atoms with Gasteiger partial charge in [-0.15, -0.1) is 11.3 Å². The summed E-state index contributed by atoms with van der Waals surface area (Å²) < 4.78 is 5.66. The number of aromatic nitrogens is 1. The van der Waals surface area contributed by atoms with Gasteiger partial charge in [-0.3, -0.25) is 0 Å². The molecule has 3 nitrogen and oxygen atoms in total. The summed E-state index contributed by atoms with van der Waals surface area (Å²) in [7, 11) is 0. The first-order valence-corrected chi connectivity index (χ1v) is 6.44. The molecule has 1 aliphatic rings. The molecule has 0 spiro atoms. The van der Waals surface area contributed by atoms with Gasteiger partial charge in [0.1, 0.15) is 5.01 Å². The summed E-state index contributed by atoms with van der Waals surface area (Å²) in [5, 5.41) is 6.62. The van der Waals surface area contributed by atoms with E-state index in [0.29, 0.717) is 12.6 Å². The Labute approximate surface area is 94.9 Å². The van der Waals surface area contributed by atoms with E-state index in [1.165, 1.54) is 19.3 Å². The van der Waals surface area contributed by atoms with Crippen LogP contribution in [0, 0.1) is 6.92 Å². The lowest BCUT2D eigenvalue weighted by Gasteiger charge is -2.22. The summed E-state index contributed by atoms with van der Waals surface area (Å²) in [5.74, 6) is 0.